The van der Waals surface area contributed by atoms with E-state index in [1.54, 1.807) is 0 Å². The summed E-state index contributed by atoms with van der Waals surface area (Å²) in [6.07, 6.45) is 5.68. The summed E-state index contributed by atoms with van der Waals surface area (Å²) in [7, 11) is 0. The lowest BCUT2D eigenvalue weighted by Gasteiger charge is -2.13. The Morgan fingerprint density at radius 1 is 1.29 bits per heavy atom. The first-order chi connectivity index (χ1) is 8.31. The van der Waals surface area contributed by atoms with Gasteiger partial charge in [0.1, 0.15) is 6.54 Å². The van der Waals surface area contributed by atoms with Crippen LogP contribution in [-0.2, 0) is 16.1 Å². The van der Waals surface area contributed by atoms with Gasteiger partial charge in [0.2, 0.25) is 5.70 Å². The molecular formula is C14H16NO2+. The minimum absolute atomic E-state index is 0.233. The zero-order valence-corrected chi connectivity index (χ0v) is 9.85. The molecule has 0 radical (unpaired) electrons. The maximum Gasteiger partial charge on any atom is 0.393 e. The molecule has 2 rings (SSSR count). The summed E-state index contributed by atoms with van der Waals surface area (Å²) in [5.74, 6) is -0.233. The lowest BCUT2D eigenvalue weighted by Crippen LogP contribution is -3.04. The summed E-state index contributed by atoms with van der Waals surface area (Å²) in [4.78, 5) is 12.7. The first-order valence-corrected chi connectivity index (χ1v) is 5.77. The highest BCUT2D eigenvalue weighted by molar-refractivity contribution is 5.86. The van der Waals surface area contributed by atoms with Crippen molar-refractivity contribution < 1.29 is 14.4 Å². The predicted octanol–water partition coefficient (Wildman–Crippen LogP) is 1.05. The first-order valence-electron chi connectivity index (χ1n) is 5.77. The van der Waals surface area contributed by atoms with Crippen molar-refractivity contribution in [3.63, 3.8) is 0 Å². The minimum Gasteiger partial charge on any atom is -0.459 e. The van der Waals surface area contributed by atoms with Crippen molar-refractivity contribution in [3.05, 3.63) is 59.9 Å². The number of hydrogen-bond acceptors (Lipinski definition) is 2. The molecule has 3 nitrogen and oxygen atoms in total. The number of quaternary nitrogens is 1. The molecule has 0 aromatic heterocycles. The molecule has 0 fully saturated rings. The van der Waals surface area contributed by atoms with Gasteiger partial charge in [-0.15, -0.1) is 0 Å². The quantitative estimate of drug-likeness (QED) is 0.784. The van der Waals surface area contributed by atoms with E-state index in [1.807, 2.05) is 43.5 Å². The normalized spacial score (nSPS) is 17.9. The zero-order chi connectivity index (χ0) is 12.1. The Morgan fingerprint density at radius 3 is 2.76 bits per heavy atom. The molecule has 0 spiro atoms. The van der Waals surface area contributed by atoms with Crippen LogP contribution < -0.4 is 4.90 Å². The topological polar surface area (TPSA) is 30.7 Å². The second kappa shape index (κ2) is 5.46. The van der Waals surface area contributed by atoms with Gasteiger partial charge in [-0.05, 0) is 13.0 Å². The Morgan fingerprint density at radius 2 is 2.06 bits per heavy atom. The largest absolute Gasteiger partial charge is 0.459 e. The van der Waals surface area contributed by atoms with Gasteiger partial charge in [-0.3, -0.25) is 4.90 Å². The molecule has 0 bridgehead atoms. The molecule has 17 heavy (non-hydrogen) atoms. The molecule has 1 N–H and O–H groups in total. The highest BCUT2D eigenvalue weighted by Crippen LogP contribution is 2.00. The first kappa shape index (κ1) is 11.6. The van der Waals surface area contributed by atoms with Gasteiger partial charge in [0.05, 0.1) is 12.8 Å². The molecule has 0 aliphatic carbocycles. The number of allylic oxidation sites excluding steroid dienone is 2. The van der Waals surface area contributed by atoms with E-state index in [9.17, 15) is 4.79 Å². The molecule has 88 valence electrons. The van der Waals surface area contributed by atoms with Crippen LogP contribution in [0.1, 0.15) is 12.5 Å². The van der Waals surface area contributed by atoms with Gasteiger partial charge < -0.3 is 4.74 Å². The summed E-state index contributed by atoms with van der Waals surface area (Å²) in [6, 6.07) is 10.1. The summed E-state index contributed by atoms with van der Waals surface area (Å²) in [5.41, 5.74) is 1.87. The fourth-order valence-corrected chi connectivity index (χ4v) is 1.84. The number of carbonyl (C=O) groups excluding carboxylic acids is 1. The number of benzene rings is 1. The van der Waals surface area contributed by atoms with Gasteiger partial charge in [-0.1, -0.05) is 30.3 Å². The molecule has 1 aliphatic rings. The predicted molar refractivity (Wildman–Crippen MR) is 65.0 cm³/mol. The van der Waals surface area contributed by atoms with E-state index in [0.29, 0.717) is 12.3 Å². The van der Waals surface area contributed by atoms with Gasteiger partial charge in [0.25, 0.3) is 0 Å². The average molecular weight is 230 g/mol. The highest BCUT2D eigenvalue weighted by Gasteiger charge is 2.25. The van der Waals surface area contributed by atoms with Crippen molar-refractivity contribution in [2.75, 3.05) is 6.61 Å². The lowest BCUT2D eigenvalue weighted by molar-refractivity contribution is -0.813. The molecule has 1 atom stereocenters. The third-order valence-electron chi connectivity index (χ3n) is 2.64. The van der Waals surface area contributed by atoms with E-state index in [0.717, 1.165) is 11.4 Å². The van der Waals surface area contributed by atoms with Crippen molar-refractivity contribution in [2.24, 2.45) is 0 Å². The van der Waals surface area contributed by atoms with Gasteiger partial charge in [0.15, 0.2) is 0 Å². The zero-order valence-electron chi connectivity index (χ0n) is 9.85. The molecule has 0 saturated heterocycles. The van der Waals surface area contributed by atoms with Crippen LogP contribution >= 0.6 is 0 Å². The fourth-order valence-electron chi connectivity index (χ4n) is 1.84. The monoisotopic (exact) mass is 230 g/mol. The second-order valence-electron chi connectivity index (χ2n) is 3.85. The molecule has 1 heterocycles. The fraction of sp³-hybridized carbons (Fsp3) is 0.214. The van der Waals surface area contributed by atoms with E-state index in [1.165, 1.54) is 5.56 Å². The number of hydrogen-bond donors (Lipinski definition) is 1. The number of carbonyl (C=O) groups is 1. The molecular weight excluding hydrogens is 214 g/mol. The molecule has 0 saturated carbocycles. The second-order valence-corrected chi connectivity index (χ2v) is 3.85. The van der Waals surface area contributed by atoms with Crippen LogP contribution in [0, 0.1) is 0 Å². The van der Waals surface area contributed by atoms with E-state index in [-0.39, 0.29) is 5.97 Å². The number of nitrogens with one attached hydrogen (secondary N) is 1. The van der Waals surface area contributed by atoms with E-state index in [4.69, 9.17) is 4.74 Å². The standard InChI is InChI=1S/C14H15NO2/c1-2-17-14(16)13-9-6-10-15(13)11-12-7-4-3-5-8-12/h3-10H,2,11H2,1H3/p+1. The van der Waals surface area contributed by atoms with Crippen LogP contribution in [0.5, 0.6) is 0 Å². The van der Waals surface area contributed by atoms with E-state index in [2.05, 4.69) is 12.1 Å². The third-order valence-corrected chi connectivity index (χ3v) is 2.64. The maximum atomic E-state index is 11.7. The van der Waals surface area contributed by atoms with Gasteiger partial charge in [-0.25, -0.2) is 4.79 Å². The Labute approximate surface area is 101 Å². The smallest absolute Gasteiger partial charge is 0.393 e. The van der Waals surface area contributed by atoms with E-state index < -0.39 is 0 Å². The number of ether oxygens (including phenoxy) is 1. The Balaban J connectivity index is 2.04. The molecule has 1 aliphatic heterocycles. The Bertz CT molecular complexity index is 449. The van der Waals surface area contributed by atoms with E-state index >= 15 is 0 Å². The molecule has 1 aromatic carbocycles. The Hall–Kier alpha value is -1.87. The summed E-state index contributed by atoms with van der Waals surface area (Å²) >= 11 is 0. The van der Waals surface area contributed by atoms with Crippen molar-refractivity contribution in [1.82, 2.24) is 0 Å². The average Bonchev–Trinajstić information content (AvgIpc) is 2.79. The lowest BCUT2D eigenvalue weighted by atomic mass is 10.2. The molecule has 1 aromatic rings. The number of rotatable bonds is 4. The van der Waals surface area contributed by atoms with Crippen LogP contribution in [0.15, 0.2) is 54.4 Å². The van der Waals surface area contributed by atoms with Gasteiger partial charge in [-0.2, -0.15) is 0 Å². The number of esters is 1. The molecule has 0 amide bonds. The third kappa shape index (κ3) is 2.82. The minimum atomic E-state index is -0.233. The van der Waals surface area contributed by atoms with Crippen molar-refractivity contribution in [3.8, 4) is 0 Å². The van der Waals surface area contributed by atoms with Gasteiger partial charge >= 0.3 is 5.97 Å². The van der Waals surface area contributed by atoms with Gasteiger partial charge in [0, 0.05) is 11.6 Å². The highest BCUT2D eigenvalue weighted by atomic mass is 16.5. The summed E-state index contributed by atoms with van der Waals surface area (Å²) in [5, 5.41) is 0. The SMILES string of the molecule is CCOC(=O)C1=CC=C[NH+]1Cc1ccccc1. The van der Waals surface area contributed by atoms with Crippen LogP contribution in [0.3, 0.4) is 0 Å². The van der Waals surface area contributed by atoms with Crippen molar-refractivity contribution in [1.29, 1.82) is 0 Å². The van der Waals surface area contributed by atoms with Crippen LogP contribution in [0.4, 0.5) is 0 Å². The Kier molecular flexibility index (Phi) is 3.73. The van der Waals surface area contributed by atoms with Crippen LogP contribution in [0.25, 0.3) is 0 Å². The molecule has 1 unspecified atom stereocenters. The molecule has 3 heteroatoms. The van der Waals surface area contributed by atoms with Crippen LogP contribution in [0.2, 0.25) is 0 Å². The summed E-state index contributed by atoms with van der Waals surface area (Å²) < 4.78 is 5.03. The van der Waals surface area contributed by atoms with Crippen molar-refractivity contribution >= 4 is 5.97 Å². The van der Waals surface area contributed by atoms with Crippen molar-refractivity contribution in [2.45, 2.75) is 13.5 Å². The maximum absolute atomic E-state index is 11.7. The summed E-state index contributed by atoms with van der Waals surface area (Å²) in [6.45, 7) is 2.99. The van der Waals surface area contributed by atoms with Crippen LogP contribution in [-0.4, -0.2) is 12.6 Å².